The first-order valence-corrected chi connectivity index (χ1v) is 10.5. The molecule has 0 N–H and O–H groups in total. The lowest BCUT2D eigenvalue weighted by Gasteiger charge is -2.24. The Hall–Kier alpha value is -2.68. The van der Waals surface area contributed by atoms with Gasteiger partial charge in [-0.1, -0.05) is 72.3 Å². The van der Waals surface area contributed by atoms with Gasteiger partial charge in [0.25, 0.3) is 0 Å². The highest BCUT2D eigenvalue weighted by atomic mass is 16.6. The predicted molar refractivity (Wildman–Crippen MR) is 119 cm³/mol. The van der Waals surface area contributed by atoms with Crippen LogP contribution in [0.25, 0.3) is 0 Å². The van der Waals surface area contributed by atoms with Crippen LogP contribution in [0, 0.1) is 0 Å². The minimum absolute atomic E-state index is 0.256. The summed E-state index contributed by atoms with van der Waals surface area (Å²) in [6.45, 7) is 5.71. The first-order valence-electron chi connectivity index (χ1n) is 10.5. The van der Waals surface area contributed by atoms with E-state index in [0.29, 0.717) is 6.42 Å². The number of hydrogen-bond acceptors (Lipinski definition) is 3. The molecule has 1 aliphatic carbocycles. The lowest BCUT2D eigenvalue weighted by molar-refractivity contribution is -0.156. The molecule has 3 nitrogen and oxygen atoms in total. The van der Waals surface area contributed by atoms with Crippen molar-refractivity contribution in [1.82, 2.24) is 0 Å². The third-order valence-corrected chi connectivity index (χ3v) is 4.90. The highest BCUT2D eigenvalue weighted by molar-refractivity contribution is 6.13. The molecule has 0 fully saturated rings. The van der Waals surface area contributed by atoms with Gasteiger partial charge in [-0.05, 0) is 46.5 Å². The summed E-state index contributed by atoms with van der Waals surface area (Å²) in [5, 5.41) is 0. The second-order valence-electron chi connectivity index (χ2n) is 8.57. The Morgan fingerprint density at radius 3 is 2.03 bits per heavy atom. The van der Waals surface area contributed by atoms with Crippen LogP contribution in [-0.4, -0.2) is 23.3 Å². The van der Waals surface area contributed by atoms with E-state index in [1.807, 2.05) is 81.4 Å². The Balaban J connectivity index is 2.01. The number of rotatable bonds is 6. The molecule has 0 aromatic heterocycles. The van der Waals surface area contributed by atoms with Crippen LogP contribution < -0.4 is 0 Å². The summed E-state index contributed by atoms with van der Waals surface area (Å²) in [4.78, 5) is 18.1. The molecule has 0 saturated carbocycles. The lowest BCUT2D eigenvalue weighted by atomic mass is 9.94. The van der Waals surface area contributed by atoms with Gasteiger partial charge in [0.15, 0.2) is 6.04 Å². The monoisotopic (exact) mass is 389 g/mol. The molecule has 2 aromatic rings. The quantitative estimate of drug-likeness (QED) is 0.339. The zero-order valence-electron chi connectivity index (χ0n) is 17.7. The van der Waals surface area contributed by atoms with Crippen molar-refractivity contribution in [2.45, 2.75) is 64.5 Å². The lowest BCUT2D eigenvalue weighted by Crippen LogP contribution is -2.32. The SMILES string of the molecule is CC(C)(C)OC(=O)C(CC1=CCCCC1)N=C(c1ccccc1)c1ccccc1. The summed E-state index contributed by atoms with van der Waals surface area (Å²) in [6, 6.07) is 19.6. The Bertz CT molecular complexity index is 819. The number of benzene rings is 2. The van der Waals surface area contributed by atoms with E-state index < -0.39 is 11.6 Å². The van der Waals surface area contributed by atoms with Crippen molar-refractivity contribution in [3.05, 3.63) is 83.4 Å². The van der Waals surface area contributed by atoms with Crippen LogP contribution in [0.3, 0.4) is 0 Å². The smallest absolute Gasteiger partial charge is 0.331 e. The maximum Gasteiger partial charge on any atom is 0.331 e. The van der Waals surface area contributed by atoms with E-state index in [2.05, 4.69) is 6.08 Å². The number of hydrogen-bond donors (Lipinski definition) is 0. The van der Waals surface area contributed by atoms with Gasteiger partial charge in [-0.25, -0.2) is 4.79 Å². The van der Waals surface area contributed by atoms with Crippen molar-refractivity contribution < 1.29 is 9.53 Å². The largest absolute Gasteiger partial charge is 0.458 e. The predicted octanol–water partition coefficient (Wildman–Crippen LogP) is 6.12. The molecule has 152 valence electrons. The van der Waals surface area contributed by atoms with Gasteiger partial charge in [-0.15, -0.1) is 0 Å². The van der Waals surface area contributed by atoms with Crippen molar-refractivity contribution in [3.63, 3.8) is 0 Å². The third kappa shape index (κ3) is 6.42. The summed E-state index contributed by atoms with van der Waals surface area (Å²) < 4.78 is 5.74. The summed E-state index contributed by atoms with van der Waals surface area (Å²) >= 11 is 0. The van der Waals surface area contributed by atoms with Crippen LogP contribution >= 0.6 is 0 Å². The number of allylic oxidation sites excluding steroid dienone is 1. The fourth-order valence-electron chi connectivity index (χ4n) is 3.55. The molecule has 1 aliphatic rings. The topological polar surface area (TPSA) is 38.7 Å². The Morgan fingerprint density at radius 2 is 1.55 bits per heavy atom. The average molecular weight is 390 g/mol. The van der Waals surface area contributed by atoms with E-state index in [1.54, 1.807) is 0 Å². The second kappa shape index (κ2) is 9.69. The van der Waals surface area contributed by atoms with E-state index in [-0.39, 0.29) is 5.97 Å². The fraction of sp³-hybridized carbons (Fsp3) is 0.385. The second-order valence-corrected chi connectivity index (χ2v) is 8.57. The van der Waals surface area contributed by atoms with Crippen molar-refractivity contribution in [1.29, 1.82) is 0 Å². The molecule has 2 aromatic carbocycles. The van der Waals surface area contributed by atoms with Crippen LogP contribution in [0.15, 0.2) is 77.3 Å². The van der Waals surface area contributed by atoms with Crippen molar-refractivity contribution >= 4 is 11.7 Å². The Labute approximate surface area is 174 Å². The van der Waals surface area contributed by atoms with E-state index >= 15 is 0 Å². The molecule has 29 heavy (non-hydrogen) atoms. The van der Waals surface area contributed by atoms with Crippen molar-refractivity contribution in [3.8, 4) is 0 Å². The minimum Gasteiger partial charge on any atom is -0.458 e. The zero-order valence-corrected chi connectivity index (χ0v) is 17.7. The molecule has 1 atom stereocenters. The normalized spacial score (nSPS) is 15.2. The van der Waals surface area contributed by atoms with E-state index in [4.69, 9.17) is 9.73 Å². The summed E-state index contributed by atoms with van der Waals surface area (Å²) in [5.41, 5.74) is 3.62. The summed E-state index contributed by atoms with van der Waals surface area (Å²) in [5.74, 6) is -0.256. The van der Waals surface area contributed by atoms with Crippen LogP contribution in [0.2, 0.25) is 0 Å². The standard InChI is InChI=1S/C26H31NO2/c1-26(2,3)29-25(28)23(19-20-13-7-4-8-14-20)27-24(21-15-9-5-10-16-21)22-17-11-6-12-18-22/h5-6,9-13,15-18,23H,4,7-8,14,19H2,1-3H3. The third-order valence-electron chi connectivity index (χ3n) is 4.90. The number of carbonyl (C=O) groups excluding carboxylic acids is 1. The number of esters is 1. The van der Waals surface area contributed by atoms with Gasteiger partial charge in [0.05, 0.1) is 5.71 Å². The average Bonchev–Trinajstić information content (AvgIpc) is 2.72. The molecule has 3 heteroatoms. The summed E-state index contributed by atoms with van der Waals surface area (Å²) in [6.07, 6.45) is 7.44. The maximum atomic E-state index is 13.1. The molecule has 3 rings (SSSR count). The van der Waals surface area contributed by atoms with E-state index in [9.17, 15) is 4.79 Å². The number of aliphatic imine (C=N–C) groups is 1. The number of carbonyl (C=O) groups is 1. The highest BCUT2D eigenvalue weighted by Gasteiger charge is 2.27. The fourth-order valence-corrected chi connectivity index (χ4v) is 3.55. The van der Waals surface area contributed by atoms with Gasteiger partial charge in [-0.2, -0.15) is 0 Å². The molecule has 0 spiro atoms. The molecule has 0 aliphatic heterocycles. The van der Waals surface area contributed by atoms with Crippen LogP contribution in [0.5, 0.6) is 0 Å². The van der Waals surface area contributed by atoms with Gasteiger partial charge in [0, 0.05) is 17.5 Å². The zero-order chi connectivity index (χ0) is 20.7. The Morgan fingerprint density at radius 1 is 0.966 bits per heavy atom. The van der Waals surface area contributed by atoms with E-state index in [0.717, 1.165) is 29.7 Å². The molecule has 0 bridgehead atoms. The van der Waals surface area contributed by atoms with Gasteiger partial charge in [-0.3, -0.25) is 4.99 Å². The summed E-state index contributed by atoms with van der Waals surface area (Å²) in [7, 11) is 0. The molecule has 0 heterocycles. The number of nitrogens with zero attached hydrogens (tertiary/aromatic N) is 1. The molecular formula is C26H31NO2. The van der Waals surface area contributed by atoms with E-state index in [1.165, 1.54) is 18.4 Å². The first kappa shape index (κ1) is 21.0. The van der Waals surface area contributed by atoms with Gasteiger partial charge in [0.1, 0.15) is 5.60 Å². The highest BCUT2D eigenvalue weighted by Crippen LogP contribution is 2.25. The van der Waals surface area contributed by atoms with Gasteiger partial charge < -0.3 is 4.74 Å². The Kier molecular flexibility index (Phi) is 7.03. The molecule has 1 unspecified atom stereocenters. The van der Waals surface area contributed by atoms with Crippen LogP contribution in [0.4, 0.5) is 0 Å². The van der Waals surface area contributed by atoms with Crippen LogP contribution in [-0.2, 0) is 9.53 Å². The minimum atomic E-state index is -0.547. The molecular weight excluding hydrogens is 358 g/mol. The first-order chi connectivity index (χ1) is 13.9. The molecule has 0 radical (unpaired) electrons. The molecule has 0 amide bonds. The maximum absolute atomic E-state index is 13.1. The van der Waals surface area contributed by atoms with Crippen LogP contribution in [0.1, 0.15) is 64.0 Å². The van der Waals surface area contributed by atoms with Gasteiger partial charge in [0.2, 0.25) is 0 Å². The van der Waals surface area contributed by atoms with Crippen molar-refractivity contribution in [2.75, 3.05) is 0 Å². The van der Waals surface area contributed by atoms with Gasteiger partial charge >= 0.3 is 5.97 Å². The number of ether oxygens (including phenoxy) is 1. The van der Waals surface area contributed by atoms with Crippen molar-refractivity contribution in [2.24, 2.45) is 4.99 Å². The molecule has 0 saturated heterocycles.